The summed E-state index contributed by atoms with van der Waals surface area (Å²) < 4.78 is 1.97. The molecule has 0 aliphatic carbocycles. The Labute approximate surface area is 126 Å². The van der Waals surface area contributed by atoms with Gasteiger partial charge in [0.25, 0.3) is 0 Å². The summed E-state index contributed by atoms with van der Waals surface area (Å²) >= 11 is 1.58. The van der Waals surface area contributed by atoms with Crippen LogP contribution in [0.2, 0.25) is 0 Å². The summed E-state index contributed by atoms with van der Waals surface area (Å²) in [7, 11) is 0. The first-order chi connectivity index (χ1) is 10.3. The number of rotatable bonds is 6. The maximum absolute atomic E-state index is 9.29. The molecule has 0 bridgehead atoms. The number of nitrogens with zero attached hydrogens (tertiary/aromatic N) is 4. The number of nitrogens with one attached hydrogen (secondary N) is 1. The zero-order chi connectivity index (χ0) is 14.7. The van der Waals surface area contributed by atoms with Crippen LogP contribution in [0.15, 0.2) is 29.4 Å². The van der Waals surface area contributed by atoms with Crippen molar-refractivity contribution in [2.75, 3.05) is 0 Å². The van der Waals surface area contributed by atoms with Gasteiger partial charge in [0.15, 0.2) is 11.0 Å². The van der Waals surface area contributed by atoms with E-state index in [0.717, 1.165) is 35.0 Å². The molecule has 1 aromatic carbocycles. The average molecular weight is 303 g/mol. The molecule has 0 spiro atoms. The predicted octanol–water partition coefficient (Wildman–Crippen LogP) is 2.35. The van der Waals surface area contributed by atoms with Gasteiger partial charge in [-0.2, -0.15) is 0 Å². The Bertz CT molecular complexity index is 703. The van der Waals surface area contributed by atoms with Crippen LogP contribution >= 0.6 is 11.8 Å². The Kier molecular flexibility index (Phi) is 4.21. The quantitative estimate of drug-likeness (QED) is 0.683. The van der Waals surface area contributed by atoms with Crippen LogP contribution in [0.5, 0.6) is 0 Å². The molecule has 0 radical (unpaired) electrons. The van der Waals surface area contributed by atoms with Gasteiger partial charge in [0, 0.05) is 6.54 Å². The first-order valence-electron chi connectivity index (χ1n) is 6.91. The van der Waals surface area contributed by atoms with Crippen LogP contribution in [0, 0.1) is 0 Å². The van der Waals surface area contributed by atoms with Gasteiger partial charge in [-0.15, -0.1) is 10.2 Å². The summed E-state index contributed by atoms with van der Waals surface area (Å²) in [6.45, 7) is 2.82. The van der Waals surface area contributed by atoms with Crippen molar-refractivity contribution >= 4 is 22.8 Å². The molecule has 110 valence electrons. The van der Waals surface area contributed by atoms with Gasteiger partial charge in [0.1, 0.15) is 12.4 Å². The first-order valence-corrected chi connectivity index (χ1v) is 7.89. The van der Waals surface area contributed by atoms with Gasteiger partial charge < -0.3 is 14.7 Å². The van der Waals surface area contributed by atoms with E-state index in [4.69, 9.17) is 0 Å². The van der Waals surface area contributed by atoms with Gasteiger partial charge in [-0.3, -0.25) is 0 Å². The largest absolute Gasteiger partial charge is 0.388 e. The van der Waals surface area contributed by atoms with Gasteiger partial charge in [0.05, 0.1) is 16.8 Å². The van der Waals surface area contributed by atoms with Crippen molar-refractivity contribution in [2.45, 2.75) is 37.4 Å². The van der Waals surface area contributed by atoms with E-state index in [1.165, 1.54) is 0 Å². The molecule has 3 rings (SSSR count). The fraction of sp³-hybridized carbons (Fsp3) is 0.357. The SMILES string of the molecule is CCCn1c(CO)nnc1SCc1nc2ccccc2[nH]1. The lowest BCUT2D eigenvalue weighted by atomic mass is 10.3. The second-order valence-electron chi connectivity index (χ2n) is 4.70. The highest BCUT2D eigenvalue weighted by molar-refractivity contribution is 7.98. The molecule has 0 aliphatic heterocycles. The molecule has 0 amide bonds. The van der Waals surface area contributed by atoms with Crippen LogP contribution in [-0.4, -0.2) is 29.8 Å². The van der Waals surface area contributed by atoms with Crippen molar-refractivity contribution in [3.05, 3.63) is 35.9 Å². The molecule has 21 heavy (non-hydrogen) atoms. The lowest BCUT2D eigenvalue weighted by Gasteiger charge is -2.06. The van der Waals surface area contributed by atoms with E-state index in [-0.39, 0.29) is 6.61 Å². The number of imidazole rings is 1. The Morgan fingerprint density at radius 3 is 2.90 bits per heavy atom. The number of benzene rings is 1. The number of H-pyrrole nitrogens is 1. The molecule has 2 N–H and O–H groups in total. The molecule has 6 nitrogen and oxygen atoms in total. The highest BCUT2D eigenvalue weighted by Crippen LogP contribution is 2.22. The third-order valence-corrected chi connectivity index (χ3v) is 4.14. The van der Waals surface area contributed by atoms with E-state index in [9.17, 15) is 5.11 Å². The molecule has 2 aromatic heterocycles. The molecule has 2 heterocycles. The van der Waals surface area contributed by atoms with Crippen LogP contribution in [0.25, 0.3) is 11.0 Å². The minimum Gasteiger partial charge on any atom is -0.388 e. The third kappa shape index (κ3) is 2.93. The van der Waals surface area contributed by atoms with Crippen molar-refractivity contribution in [1.29, 1.82) is 0 Å². The predicted molar refractivity (Wildman–Crippen MR) is 81.9 cm³/mol. The van der Waals surface area contributed by atoms with Crippen LogP contribution < -0.4 is 0 Å². The summed E-state index contributed by atoms with van der Waals surface area (Å²) in [5, 5.41) is 18.3. The molecule has 0 saturated carbocycles. The van der Waals surface area contributed by atoms with Gasteiger partial charge in [-0.05, 0) is 18.6 Å². The Morgan fingerprint density at radius 1 is 1.29 bits per heavy atom. The second-order valence-corrected chi connectivity index (χ2v) is 5.64. The zero-order valence-electron chi connectivity index (χ0n) is 11.8. The van der Waals surface area contributed by atoms with Crippen LogP contribution in [0.4, 0.5) is 0 Å². The van der Waals surface area contributed by atoms with Crippen molar-refractivity contribution in [3.8, 4) is 0 Å². The van der Waals surface area contributed by atoms with Gasteiger partial charge in [-0.1, -0.05) is 30.8 Å². The van der Waals surface area contributed by atoms with Gasteiger partial charge in [0.2, 0.25) is 0 Å². The number of fused-ring (bicyclic) bond motifs is 1. The summed E-state index contributed by atoms with van der Waals surface area (Å²) in [6.07, 6.45) is 0.975. The molecule has 0 fully saturated rings. The third-order valence-electron chi connectivity index (χ3n) is 3.16. The van der Waals surface area contributed by atoms with Crippen LogP contribution in [0.1, 0.15) is 25.0 Å². The number of aliphatic hydroxyl groups excluding tert-OH is 1. The molecule has 0 aliphatic rings. The summed E-state index contributed by atoms with van der Waals surface area (Å²) in [5.41, 5.74) is 2.01. The monoisotopic (exact) mass is 303 g/mol. The minimum absolute atomic E-state index is 0.0851. The summed E-state index contributed by atoms with van der Waals surface area (Å²) in [5.74, 6) is 2.23. The second kappa shape index (κ2) is 6.28. The van der Waals surface area contributed by atoms with E-state index >= 15 is 0 Å². The number of aromatic amines is 1. The van der Waals surface area contributed by atoms with Crippen molar-refractivity contribution < 1.29 is 5.11 Å². The lowest BCUT2D eigenvalue weighted by Crippen LogP contribution is -2.04. The number of thioether (sulfide) groups is 1. The van der Waals surface area contributed by atoms with Gasteiger partial charge in [-0.25, -0.2) is 4.98 Å². The van der Waals surface area contributed by atoms with E-state index < -0.39 is 0 Å². The fourth-order valence-electron chi connectivity index (χ4n) is 2.20. The van der Waals surface area contributed by atoms with Crippen LogP contribution in [-0.2, 0) is 18.9 Å². The fourth-order valence-corrected chi connectivity index (χ4v) is 3.05. The number of aliphatic hydroxyl groups is 1. The van der Waals surface area contributed by atoms with E-state index in [1.807, 2.05) is 28.8 Å². The van der Waals surface area contributed by atoms with Crippen molar-refractivity contribution in [1.82, 2.24) is 24.7 Å². The van der Waals surface area contributed by atoms with Crippen molar-refractivity contribution in [3.63, 3.8) is 0 Å². The minimum atomic E-state index is -0.0851. The van der Waals surface area contributed by atoms with Crippen molar-refractivity contribution in [2.24, 2.45) is 0 Å². The number of hydrogen-bond donors (Lipinski definition) is 2. The molecule has 7 heteroatoms. The van der Waals surface area contributed by atoms with E-state index in [1.54, 1.807) is 11.8 Å². The smallest absolute Gasteiger partial charge is 0.191 e. The van der Waals surface area contributed by atoms with E-state index in [0.29, 0.717) is 11.6 Å². The first kappa shape index (κ1) is 14.1. The lowest BCUT2D eigenvalue weighted by molar-refractivity contribution is 0.263. The maximum atomic E-state index is 9.29. The zero-order valence-corrected chi connectivity index (χ0v) is 12.6. The molecule has 3 aromatic rings. The molecule has 0 saturated heterocycles. The molecular formula is C14H17N5OS. The standard InChI is InChI=1S/C14H17N5OS/c1-2-7-19-13(8-20)17-18-14(19)21-9-12-15-10-5-3-4-6-11(10)16-12/h3-6,20H,2,7-9H2,1H3,(H,15,16). The Balaban J connectivity index is 1.76. The van der Waals surface area contributed by atoms with E-state index in [2.05, 4.69) is 27.1 Å². The molecule has 0 atom stereocenters. The topological polar surface area (TPSA) is 79.6 Å². The highest BCUT2D eigenvalue weighted by atomic mass is 32.2. The molecular weight excluding hydrogens is 286 g/mol. The highest BCUT2D eigenvalue weighted by Gasteiger charge is 2.12. The summed E-state index contributed by atoms with van der Waals surface area (Å²) in [4.78, 5) is 7.85. The number of aromatic nitrogens is 5. The summed E-state index contributed by atoms with van der Waals surface area (Å²) in [6, 6.07) is 7.97. The average Bonchev–Trinajstić information content (AvgIpc) is 3.08. The van der Waals surface area contributed by atoms with Gasteiger partial charge >= 0.3 is 0 Å². The maximum Gasteiger partial charge on any atom is 0.191 e. The number of hydrogen-bond acceptors (Lipinski definition) is 5. The Hall–Kier alpha value is -1.86. The van der Waals surface area contributed by atoms with Crippen LogP contribution in [0.3, 0.4) is 0 Å². The number of para-hydroxylation sites is 2. The molecule has 0 unspecified atom stereocenters. The Morgan fingerprint density at radius 2 is 2.14 bits per heavy atom. The normalized spacial score (nSPS) is 11.3.